The first-order valence-electron chi connectivity index (χ1n) is 4.59. The Hall–Kier alpha value is -0.796. The topological polar surface area (TPSA) is 47.3 Å². The van der Waals surface area contributed by atoms with E-state index < -0.39 is 0 Å². The number of ketones is 1. The summed E-state index contributed by atoms with van der Waals surface area (Å²) in [6.45, 7) is 1.46. The molecular formula is C12H9O3Y-. The van der Waals surface area contributed by atoms with E-state index >= 15 is 0 Å². The third kappa shape index (κ3) is 2.86. The molecule has 79 valence electrons. The Kier molecular flexibility index (Phi) is 4.57. The molecule has 0 aliphatic heterocycles. The fraction of sp³-hybridized carbons (Fsp3) is 0.167. The smallest absolute Gasteiger partial charge is 0.138 e. The van der Waals surface area contributed by atoms with Gasteiger partial charge in [0.15, 0.2) is 0 Å². The summed E-state index contributed by atoms with van der Waals surface area (Å²) in [5.74, 6) is 0.381. The number of fused-ring (bicyclic) bond motifs is 1. The molecule has 0 saturated heterocycles. The van der Waals surface area contributed by atoms with Crippen LogP contribution < -0.4 is 5.43 Å². The average molecular weight is 290 g/mol. The van der Waals surface area contributed by atoms with Crippen LogP contribution in [-0.4, -0.2) is 5.78 Å². The molecule has 0 spiro atoms. The quantitative estimate of drug-likeness (QED) is 0.791. The van der Waals surface area contributed by atoms with Crippen molar-refractivity contribution in [3.63, 3.8) is 0 Å². The van der Waals surface area contributed by atoms with E-state index in [4.69, 9.17) is 4.42 Å². The molecule has 16 heavy (non-hydrogen) atoms. The number of hydrogen-bond donors (Lipinski definition) is 0. The summed E-state index contributed by atoms with van der Waals surface area (Å²) in [6, 6.07) is 9.09. The van der Waals surface area contributed by atoms with E-state index in [2.05, 4.69) is 6.07 Å². The zero-order valence-corrected chi connectivity index (χ0v) is 11.7. The van der Waals surface area contributed by atoms with Gasteiger partial charge in [-0.15, -0.1) is 6.07 Å². The van der Waals surface area contributed by atoms with Crippen LogP contribution in [0.5, 0.6) is 0 Å². The minimum absolute atomic E-state index is 0. The second-order valence-electron chi connectivity index (χ2n) is 3.38. The van der Waals surface area contributed by atoms with E-state index in [0.29, 0.717) is 16.7 Å². The molecule has 2 aromatic rings. The predicted molar refractivity (Wildman–Crippen MR) is 55.7 cm³/mol. The summed E-state index contributed by atoms with van der Waals surface area (Å²) in [6.07, 6.45) is 0.157. The van der Waals surface area contributed by atoms with Crippen LogP contribution in [0.4, 0.5) is 0 Å². The second-order valence-corrected chi connectivity index (χ2v) is 3.38. The van der Waals surface area contributed by atoms with Crippen LogP contribution in [0.25, 0.3) is 11.0 Å². The minimum atomic E-state index is -0.135. The maximum atomic E-state index is 11.6. The fourth-order valence-electron chi connectivity index (χ4n) is 1.42. The van der Waals surface area contributed by atoms with Gasteiger partial charge in [-0.3, -0.25) is 4.79 Å². The van der Waals surface area contributed by atoms with Crippen LogP contribution in [0.2, 0.25) is 0 Å². The zero-order chi connectivity index (χ0) is 10.8. The normalized spacial score (nSPS) is 9.81. The predicted octanol–water partition coefficient (Wildman–Crippen LogP) is 1.72. The van der Waals surface area contributed by atoms with E-state index in [1.165, 1.54) is 13.0 Å². The molecule has 0 saturated carbocycles. The molecule has 3 nitrogen and oxygen atoms in total. The number of carbonyl (C=O) groups excluding carboxylic acids is 1. The third-order valence-electron chi connectivity index (χ3n) is 2.05. The van der Waals surface area contributed by atoms with Crippen molar-refractivity contribution >= 4 is 16.8 Å². The van der Waals surface area contributed by atoms with Crippen molar-refractivity contribution in [3.05, 3.63) is 46.3 Å². The largest absolute Gasteiger partial charge is 0.486 e. The molecular weight excluding hydrogens is 281 g/mol. The molecule has 1 radical (unpaired) electrons. The van der Waals surface area contributed by atoms with Gasteiger partial charge in [-0.25, -0.2) is 0 Å². The molecule has 1 aromatic carbocycles. The van der Waals surface area contributed by atoms with Crippen molar-refractivity contribution in [2.45, 2.75) is 13.3 Å². The Morgan fingerprint density at radius 3 is 2.94 bits per heavy atom. The Morgan fingerprint density at radius 2 is 2.25 bits per heavy atom. The van der Waals surface area contributed by atoms with Crippen LogP contribution in [0.3, 0.4) is 0 Å². The average Bonchev–Trinajstić information content (AvgIpc) is 2.16. The molecule has 0 N–H and O–H groups in total. The van der Waals surface area contributed by atoms with Crippen molar-refractivity contribution < 1.29 is 41.9 Å². The van der Waals surface area contributed by atoms with Crippen molar-refractivity contribution in [2.75, 3.05) is 0 Å². The van der Waals surface area contributed by atoms with Crippen LogP contribution in [0.15, 0.2) is 33.5 Å². The van der Waals surface area contributed by atoms with Gasteiger partial charge in [0.25, 0.3) is 0 Å². The van der Waals surface area contributed by atoms with Gasteiger partial charge in [0.05, 0.1) is 6.42 Å². The van der Waals surface area contributed by atoms with Gasteiger partial charge in [0.1, 0.15) is 17.0 Å². The molecule has 1 heterocycles. The van der Waals surface area contributed by atoms with Crippen molar-refractivity contribution in [1.82, 2.24) is 0 Å². The Balaban J connectivity index is 0.00000128. The van der Waals surface area contributed by atoms with Gasteiger partial charge >= 0.3 is 0 Å². The SMILES string of the molecule is CC(=O)Cc1cc(=O)c2c[c-]ccc2o1.[Y]. The molecule has 4 heteroatoms. The molecule has 0 atom stereocenters. The van der Waals surface area contributed by atoms with E-state index in [1.807, 2.05) is 0 Å². The van der Waals surface area contributed by atoms with Crippen molar-refractivity contribution in [2.24, 2.45) is 0 Å². The third-order valence-corrected chi connectivity index (χ3v) is 2.05. The summed E-state index contributed by atoms with van der Waals surface area (Å²) in [5.41, 5.74) is 0.363. The molecule has 0 unspecified atom stereocenters. The van der Waals surface area contributed by atoms with Crippen molar-refractivity contribution in [3.8, 4) is 0 Å². The Labute approximate surface area is 118 Å². The van der Waals surface area contributed by atoms with Crippen LogP contribution in [-0.2, 0) is 43.9 Å². The summed E-state index contributed by atoms with van der Waals surface area (Å²) >= 11 is 0. The number of hydrogen-bond acceptors (Lipinski definition) is 3. The van der Waals surface area contributed by atoms with Crippen molar-refractivity contribution in [1.29, 1.82) is 0 Å². The Morgan fingerprint density at radius 1 is 1.50 bits per heavy atom. The summed E-state index contributed by atoms with van der Waals surface area (Å²) in [5, 5.41) is 0.491. The molecule has 0 fully saturated rings. The van der Waals surface area contributed by atoms with Gasteiger partial charge in [-0.2, -0.15) is 18.2 Å². The van der Waals surface area contributed by atoms with Gasteiger partial charge in [0.2, 0.25) is 0 Å². The van der Waals surface area contributed by atoms with E-state index in [-0.39, 0.29) is 50.3 Å². The standard InChI is InChI=1S/C12H9O3.Y/c1-8(13)6-9-7-11(14)10-4-2-3-5-12(10)15-9;/h3-5,7H,6H2,1H3;/q-1;. The maximum Gasteiger partial charge on any atom is 0.138 e. The van der Waals surface area contributed by atoms with Crippen LogP contribution in [0.1, 0.15) is 12.7 Å². The van der Waals surface area contributed by atoms with Gasteiger partial charge < -0.3 is 9.21 Å². The summed E-state index contributed by atoms with van der Waals surface area (Å²) in [7, 11) is 0. The van der Waals surface area contributed by atoms with Gasteiger partial charge in [-0.05, 0) is 12.3 Å². The van der Waals surface area contributed by atoms with Gasteiger partial charge in [-0.1, -0.05) is 0 Å². The number of Topliss-reactive ketones (excluding diaryl/α,β-unsaturated/α-hetero) is 1. The molecule has 0 aliphatic rings. The second kappa shape index (κ2) is 5.51. The molecule has 0 amide bonds. The molecule has 0 aliphatic carbocycles. The summed E-state index contributed by atoms with van der Waals surface area (Å²) in [4.78, 5) is 22.5. The monoisotopic (exact) mass is 290 g/mol. The van der Waals surface area contributed by atoms with E-state index in [9.17, 15) is 9.59 Å². The first kappa shape index (κ1) is 13.3. The number of rotatable bonds is 2. The van der Waals surface area contributed by atoms with Gasteiger partial charge in [0, 0.05) is 44.4 Å². The minimum Gasteiger partial charge on any atom is -0.486 e. The summed E-state index contributed by atoms with van der Waals surface area (Å²) < 4.78 is 5.41. The first-order chi connectivity index (χ1) is 7.16. The number of carbonyl (C=O) groups is 1. The van der Waals surface area contributed by atoms with E-state index in [0.717, 1.165) is 0 Å². The van der Waals surface area contributed by atoms with E-state index in [1.54, 1.807) is 18.2 Å². The molecule has 0 bridgehead atoms. The fourth-order valence-corrected chi connectivity index (χ4v) is 1.42. The first-order valence-corrected chi connectivity index (χ1v) is 4.59. The number of benzene rings is 1. The Bertz CT molecular complexity index is 572. The molecule has 1 aromatic heterocycles. The maximum absolute atomic E-state index is 11.6. The van der Waals surface area contributed by atoms with Crippen LogP contribution >= 0.6 is 0 Å². The van der Waals surface area contributed by atoms with Crippen LogP contribution in [0, 0.1) is 6.07 Å². The molecule has 2 rings (SSSR count). The zero-order valence-electron chi connectivity index (χ0n) is 8.82.